The zero-order chi connectivity index (χ0) is 23.5. The maximum absolute atomic E-state index is 12.7. The molecule has 3 heterocycles. The Balaban J connectivity index is 1.23. The highest BCUT2D eigenvalue weighted by Crippen LogP contribution is 2.25. The van der Waals surface area contributed by atoms with Crippen LogP contribution in [0.15, 0.2) is 60.7 Å². The van der Waals surface area contributed by atoms with Crippen LogP contribution >= 0.6 is 0 Å². The van der Waals surface area contributed by atoms with Crippen molar-refractivity contribution in [3.63, 3.8) is 0 Å². The second kappa shape index (κ2) is 9.51. The molecule has 8 heteroatoms. The first-order valence-corrected chi connectivity index (χ1v) is 11.6. The number of methoxy groups -OCH3 is 1. The van der Waals surface area contributed by atoms with Gasteiger partial charge in [0.05, 0.1) is 7.11 Å². The van der Waals surface area contributed by atoms with Crippen molar-refractivity contribution in [3.8, 4) is 17.1 Å². The summed E-state index contributed by atoms with van der Waals surface area (Å²) in [5, 5.41) is 16.6. The lowest BCUT2D eigenvalue weighted by molar-refractivity contribution is -0.125. The Labute approximate surface area is 198 Å². The Bertz CT molecular complexity index is 1290. The van der Waals surface area contributed by atoms with E-state index in [0.29, 0.717) is 6.54 Å². The zero-order valence-corrected chi connectivity index (χ0v) is 19.4. The molecule has 1 amide bonds. The number of piperidine rings is 1. The summed E-state index contributed by atoms with van der Waals surface area (Å²) in [4.78, 5) is 15.0. The fourth-order valence-corrected chi connectivity index (χ4v) is 4.39. The maximum Gasteiger partial charge on any atom is 0.223 e. The van der Waals surface area contributed by atoms with Gasteiger partial charge in [0.15, 0.2) is 11.5 Å². The molecular weight excluding hydrogens is 428 g/mol. The second-order valence-electron chi connectivity index (χ2n) is 8.63. The number of nitrogens with zero attached hydrogens (tertiary/aromatic N) is 5. The van der Waals surface area contributed by atoms with Crippen molar-refractivity contribution in [1.29, 1.82) is 0 Å². The number of aryl methyl sites for hydroxylation is 1. The molecule has 0 aliphatic carbocycles. The van der Waals surface area contributed by atoms with E-state index in [1.54, 1.807) is 7.11 Å². The van der Waals surface area contributed by atoms with Crippen LogP contribution in [0.3, 0.4) is 0 Å². The minimum Gasteiger partial charge on any atom is -0.497 e. The van der Waals surface area contributed by atoms with Gasteiger partial charge >= 0.3 is 0 Å². The van der Waals surface area contributed by atoms with Crippen molar-refractivity contribution in [2.75, 3.05) is 25.1 Å². The van der Waals surface area contributed by atoms with E-state index >= 15 is 0 Å². The monoisotopic (exact) mass is 456 g/mol. The van der Waals surface area contributed by atoms with Gasteiger partial charge in [-0.1, -0.05) is 36.4 Å². The van der Waals surface area contributed by atoms with Crippen molar-refractivity contribution in [2.24, 2.45) is 5.92 Å². The molecule has 0 unspecified atom stereocenters. The van der Waals surface area contributed by atoms with Crippen molar-refractivity contribution >= 4 is 17.4 Å². The van der Waals surface area contributed by atoms with Crippen LogP contribution in [0.5, 0.6) is 5.75 Å². The van der Waals surface area contributed by atoms with E-state index in [4.69, 9.17) is 9.84 Å². The van der Waals surface area contributed by atoms with Crippen LogP contribution in [0.4, 0.5) is 5.82 Å². The summed E-state index contributed by atoms with van der Waals surface area (Å²) in [5.41, 5.74) is 3.93. The summed E-state index contributed by atoms with van der Waals surface area (Å²) in [6, 6.07) is 19.8. The summed E-state index contributed by atoms with van der Waals surface area (Å²) in [5.74, 6) is 2.55. The smallest absolute Gasteiger partial charge is 0.223 e. The van der Waals surface area contributed by atoms with E-state index in [9.17, 15) is 4.79 Å². The van der Waals surface area contributed by atoms with E-state index in [-0.39, 0.29) is 11.8 Å². The third kappa shape index (κ3) is 4.44. The van der Waals surface area contributed by atoms with Gasteiger partial charge in [-0.15, -0.1) is 15.3 Å². The van der Waals surface area contributed by atoms with E-state index < -0.39 is 0 Å². The topological polar surface area (TPSA) is 84.6 Å². The molecule has 34 heavy (non-hydrogen) atoms. The average Bonchev–Trinajstić information content (AvgIpc) is 3.31. The molecule has 1 saturated heterocycles. The Morgan fingerprint density at radius 1 is 1.03 bits per heavy atom. The number of carbonyl (C=O) groups excluding carboxylic acids is 1. The fraction of sp³-hybridized carbons (Fsp3) is 0.308. The summed E-state index contributed by atoms with van der Waals surface area (Å²) in [6.45, 7) is 4.14. The van der Waals surface area contributed by atoms with Gasteiger partial charge in [0.2, 0.25) is 5.91 Å². The number of nitrogens with one attached hydrogen (secondary N) is 1. The molecule has 8 nitrogen and oxygen atoms in total. The number of amides is 1. The molecule has 1 N–H and O–H groups in total. The molecule has 0 bridgehead atoms. The van der Waals surface area contributed by atoms with Crippen molar-refractivity contribution in [3.05, 3.63) is 71.8 Å². The highest BCUT2D eigenvalue weighted by atomic mass is 16.5. The molecule has 2 aromatic heterocycles. The minimum absolute atomic E-state index is 0.00988. The normalized spacial score (nSPS) is 14.4. The molecule has 174 valence electrons. The predicted octanol–water partition coefficient (Wildman–Crippen LogP) is 3.64. The lowest BCUT2D eigenvalue weighted by atomic mass is 9.96. The predicted molar refractivity (Wildman–Crippen MR) is 131 cm³/mol. The minimum atomic E-state index is 0.00988. The van der Waals surface area contributed by atoms with Gasteiger partial charge in [-0.2, -0.15) is 4.52 Å². The van der Waals surface area contributed by atoms with E-state index in [1.807, 2.05) is 59.1 Å². The molecule has 2 aromatic carbocycles. The first-order chi connectivity index (χ1) is 16.6. The van der Waals surface area contributed by atoms with Crippen LogP contribution in [0.2, 0.25) is 0 Å². The number of hydrogen-bond donors (Lipinski definition) is 1. The highest BCUT2D eigenvalue weighted by Gasteiger charge is 2.26. The largest absolute Gasteiger partial charge is 0.497 e. The summed E-state index contributed by atoms with van der Waals surface area (Å²) >= 11 is 0. The molecule has 0 spiro atoms. The lowest BCUT2D eigenvalue weighted by Crippen LogP contribution is -2.40. The number of rotatable bonds is 6. The quantitative estimate of drug-likeness (QED) is 0.477. The maximum atomic E-state index is 12.7. The molecule has 1 aliphatic rings. The fourth-order valence-electron chi connectivity index (χ4n) is 4.39. The van der Waals surface area contributed by atoms with Crippen LogP contribution in [0.25, 0.3) is 17.0 Å². The summed E-state index contributed by atoms with van der Waals surface area (Å²) in [6.07, 6.45) is 1.59. The van der Waals surface area contributed by atoms with Crippen LogP contribution in [-0.2, 0) is 11.3 Å². The van der Waals surface area contributed by atoms with Crippen LogP contribution in [0.1, 0.15) is 24.0 Å². The van der Waals surface area contributed by atoms with E-state index in [2.05, 4.69) is 33.4 Å². The Kier molecular flexibility index (Phi) is 6.12. The number of hydrogen-bond acceptors (Lipinski definition) is 6. The number of benzene rings is 2. The number of anilines is 1. The standard InChI is InChI=1S/C26H28N6O2/c1-18-5-3-4-6-22(18)25-29-28-23-11-12-24(30-32(23)25)31-15-13-20(14-16-31)26(33)27-17-19-7-9-21(34-2)10-8-19/h3-12,20H,13-17H2,1-2H3,(H,27,33). The molecule has 4 aromatic rings. The molecule has 0 atom stereocenters. The van der Waals surface area contributed by atoms with Gasteiger partial charge in [-0.05, 0) is 55.2 Å². The summed E-state index contributed by atoms with van der Waals surface area (Å²) in [7, 11) is 1.65. The first kappa shape index (κ1) is 21.9. The van der Waals surface area contributed by atoms with Gasteiger partial charge < -0.3 is 15.0 Å². The molecule has 1 fully saturated rings. The Morgan fingerprint density at radius 3 is 2.53 bits per heavy atom. The Hall–Kier alpha value is -3.94. The molecule has 0 radical (unpaired) electrons. The number of aromatic nitrogens is 4. The average molecular weight is 457 g/mol. The van der Waals surface area contributed by atoms with Crippen molar-refractivity contribution in [1.82, 2.24) is 25.1 Å². The molecular formula is C26H28N6O2. The van der Waals surface area contributed by atoms with E-state index in [1.165, 1.54) is 0 Å². The number of fused-ring (bicyclic) bond motifs is 1. The second-order valence-corrected chi connectivity index (χ2v) is 8.63. The number of ether oxygens (including phenoxy) is 1. The van der Waals surface area contributed by atoms with E-state index in [0.717, 1.165) is 65.7 Å². The van der Waals surface area contributed by atoms with Crippen LogP contribution < -0.4 is 15.0 Å². The SMILES string of the molecule is COc1ccc(CNC(=O)C2CCN(c3ccc4nnc(-c5ccccc5C)n4n3)CC2)cc1. The zero-order valence-electron chi connectivity index (χ0n) is 19.4. The first-order valence-electron chi connectivity index (χ1n) is 11.6. The van der Waals surface area contributed by atoms with Crippen LogP contribution in [0, 0.1) is 12.8 Å². The van der Waals surface area contributed by atoms with Crippen molar-refractivity contribution in [2.45, 2.75) is 26.3 Å². The lowest BCUT2D eigenvalue weighted by Gasteiger charge is -2.32. The molecule has 5 rings (SSSR count). The highest BCUT2D eigenvalue weighted by molar-refractivity contribution is 5.79. The van der Waals surface area contributed by atoms with Gasteiger partial charge in [0.1, 0.15) is 11.6 Å². The Morgan fingerprint density at radius 2 is 1.79 bits per heavy atom. The van der Waals surface area contributed by atoms with Gasteiger partial charge in [-0.25, -0.2) is 0 Å². The van der Waals surface area contributed by atoms with Crippen molar-refractivity contribution < 1.29 is 9.53 Å². The van der Waals surface area contributed by atoms with Gasteiger partial charge in [0.25, 0.3) is 0 Å². The third-order valence-corrected chi connectivity index (χ3v) is 6.45. The molecule has 1 aliphatic heterocycles. The van der Waals surface area contributed by atoms with Gasteiger partial charge in [0, 0.05) is 31.1 Å². The van der Waals surface area contributed by atoms with Crippen LogP contribution in [-0.4, -0.2) is 45.9 Å². The molecule has 0 saturated carbocycles. The third-order valence-electron chi connectivity index (χ3n) is 6.45. The summed E-state index contributed by atoms with van der Waals surface area (Å²) < 4.78 is 6.99. The van der Waals surface area contributed by atoms with Gasteiger partial charge in [-0.3, -0.25) is 4.79 Å². The number of carbonyl (C=O) groups is 1.